The van der Waals surface area contributed by atoms with E-state index in [-0.39, 0.29) is 6.10 Å². The third kappa shape index (κ3) is 3.87. The van der Waals surface area contributed by atoms with E-state index >= 15 is 0 Å². The molecule has 0 radical (unpaired) electrons. The van der Waals surface area contributed by atoms with E-state index in [0.717, 1.165) is 32.1 Å². The Hall–Kier alpha value is 0.110. The highest BCUT2D eigenvalue weighted by molar-refractivity contribution is 7.46. The molecule has 0 aromatic carbocycles. The molecule has 0 atom stereocenters. The number of hydrogen-bond donors (Lipinski definition) is 2. The standard InChI is InChI=1S/C6H13O4P/c7-11(8,9)10-6-4-2-1-3-5-6/h6H,1-5H2,(H2,7,8,9). The van der Waals surface area contributed by atoms with Crippen LogP contribution in [0.25, 0.3) is 0 Å². The average molecular weight is 180 g/mol. The summed E-state index contributed by atoms with van der Waals surface area (Å²) in [4.78, 5) is 16.9. The topological polar surface area (TPSA) is 66.8 Å². The van der Waals surface area contributed by atoms with Crippen molar-refractivity contribution >= 4 is 7.82 Å². The monoisotopic (exact) mass is 180 g/mol. The third-order valence-corrected chi connectivity index (χ3v) is 2.41. The summed E-state index contributed by atoms with van der Waals surface area (Å²) in [6.45, 7) is 0. The SMILES string of the molecule is O=P(O)(O)OC1CCCCC1. The van der Waals surface area contributed by atoms with Gasteiger partial charge in [-0.2, -0.15) is 0 Å². The molecule has 11 heavy (non-hydrogen) atoms. The van der Waals surface area contributed by atoms with E-state index in [1.165, 1.54) is 0 Å². The third-order valence-electron chi connectivity index (χ3n) is 1.84. The second-order valence-electron chi connectivity index (χ2n) is 2.86. The first-order valence-corrected chi connectivity index (χ1v) is 5.35. The highest BCUT2D eigenvalue weighted by Gasteiger charge is 2.23. The Morgan fingerprint density at radius 2 is 1.73 bits per heavy atom. The molecule has 0 saturated heterocycles. The Bertz CT molecular complexity index is 158. The minimum Gasteiger partial charge on any atom is -0.303 e. The largest absolute Gasteiger partial charge is 0.469 e. The van der Waals surface area contributed by atoms with Crippen molar-refractivity contribution in [1.82, 2.24) is 0 Å². The molecule has 0 bridgehead atoms. The number of phosphoric acid groups is 1. The van der Waals surface area contributed by atoms with Gasteiger partial charge in [0.25, 0.3) is 0 Å². The molecule has 66 valence electrons. The van der Waals surface area contributed by atoms with Crippen LogP contribution in [0, 0.1) is 0 Å². The molecule has 0 aromatic heterocycles. The minimum absolute atomic E-state index is 0.218. The predicted molar refractivity (Wildman–Crippen MR) is 40.0 cm³/mol. The normalized spacial score (nSPS) is 22.0. The zero-order valence-electron chi connectivity index (χ0n) is 6.27. The van der Waals surface area contributed by atoms with Crippen LogP contribution in [-0.4, -0.2) is 15.9 Å². The van der Waals surface area contributed by atoms with Crippen molar-refractivity contribution in [3.05, 3.63) is 0 Å². The second kappa shape index (κ2) is 3.68. The molecular formula is C6H13O4P. The van der Waals surface area contributed by atoms with Gasteiger partial charge < -0.3 is 9.79 Å². The van der Waals surface area contributed by atoms with Crippen LogP contribution in [0.4, 0.5) is 0 Å². The fourth-order valence-corrected chi connectivity index (χ4v) is 1.96. The van der Waals surface area contributed by atoms with Gasteiger partial charge in [-0.05, 0) is 12.8 Å². The summed E-state index contributed by atoms with van der Waals surface area (Å²) in [5.74, 6) is 0. The van der Waals surface area contributed by atoms with Crippen molar-refractivity contribution < 1.29 is 18.9 Å². The van der Waals surface area contributed by atoms with Crippen LogP contribution in [0.3, 0.4) is 0 Å². The minimum atomic E-state index is -4.23. The van der Waals surface area contributed by atoms with Gasteiger partial charge in [0.15, 0.2) is 0 Å². The van der Waals surface area contributed by atoms with Crippen LogP contribution in [0.2, 0.25) is 0 Å². The Morgan fingerprint density at radius 1 is 1.18 bits per heavy atom. The van der Waals surface area contributed by atoms with Crippen molar-refractivity contribution in [3.63, 3.8) is 0 Å². The maximum Gasteiger partial charge on any atom is 0.469 e. The molecule has 0 aliphatic heterocycles. The van der Waals surface area contributed by atoms with Gasteiger partial charge in [-0.1, -0.05) is 19.3 Å². The summed E-state index contributed by atoms with van der Waals surface area (Å²) >= 11 is 0. The zero-order chi connectivity index (χ0) is 8.32. The van der Waals surface area contributed by atoms with E-state index in [0.29, 0.717) is 0 Å². The lowest BCUT2D eigenvalue weighted by atomic mass is 9.98. The van der Waals surface area contributed by atoms with Crippen molar-refractivity contribution in [2.45, 2.75) is 38.2 Å². The number of phosphoric ester groups is 1. The van der Waals surface area contributed by atoms with E-state index < -0.39 is 7.82 Å². The summed E-state index contributed by atoms with van der Waals surface area (Å²) in [6.07, 6.45) is 4.54. The van der Waals surface area contributed by atoms with E-state index in [4.69, 9.17) is 9.79 Å². The molecule has 0 spiro atoms. The highest BCUT2D eigenvalue weighted by atomic mass is 31.2. The van der Waals surface area contributed by atoms with Crippen LogP contribution in [0.5, 0.6) is 0 Å². The zero-order valence-corrected chi connectivity index (χ0v) is 7.17. The molecule has 1 fully saturated rings. The quantitative estimate of drug-likeness (QED) is 0.631. The van der Waals surface area contributed by atoms with Gasteiger partial charge in [-0.25, -0.2) is 4.57 Å². The molecule has 0 unspecified atom stereocenters. The van der Waals surface area contributed by atoms with E-state index in [9.17, 15) is 4.57 Å². The van der Waals surface area contributed by atoms with Crippen LogP contribution < -0.4 is 0 Å². The summed E-state index contributed by atoms with van der Waals surface area (Å²) in [5.41, 5.74) is 0. The summed E-state index contributed by atoms with van der Waals surface area (Å²) in [5, 5.41) is 0. The van der Waals surface area contributed by atoms with E-state index in [1.54, 1.807) is 0 Å². The average Bonchev–Trinajstić information content (AvgIpc) is 1.85. The Labute approximate surface area is 65.8 Å². The molecular weight excluding hydrogens is 167 g/mol. The van der Waals surface area contributed by atoms with Crippen molar-refractivity contribution in [1.29, 1.82) is 0 Å². The second-order valence-corrected chi connectivity index (χ2v) is 4.05. The highest BCUT2D eigenvalue weighted by Crippen LogP contribution is 2.40. The first kappa shape index (κ1) is 9.20. The molecule has 4 nitrogen and oxygen atoms in total. The molecule has 1 saturated carbocycles. The van der Waals surface area contributed by atoms with Gasteiger partial charge in [-0.3, -0.25) is 4.52 Å². The van der Waals surface area contributed by atoms with E-state index in [2.05, 4.69) is 4.52 Å². The van der Waals surface area contributed by atoms with E-state index in [1.807, 2.05) is 0 Å². The van der Waals surface area contributed by atoms with Gasteiger partial charge in [0, 0.05) is 0 Å². The van der Waals surface area contributed by atoms with Gasteiger partial charge >= 0.3 is 7.82 Å². The molecule has 1 rings (SSSR count). The summed E-state index contributed by atoms with van der Waals surface area (Å²) in [6, 6.07) is 0. The Morgan fingerprint density at radius 3 is 2.18 bits per heavy atom. The van der Waals surface area contributed by atoms with Gasteiger partial charge in [0.1, 0.15) is 0 Å². The smallest absolute Gasteiger partial charge is 0.303 e. The van der Waals surface area contributed by atoms with Crippen LogP contribution in [0.15, 0.2) is 0 Å². The molecule has 0 amide bonds. The van der Waals surface area contributed by atoms with Gasteiger partial charge in [0.05, 0.1) is 6.10 Å². The van der Waals surface area contributed by atoms with Crippen LogP contribution in [-0.2, 0) is 9.09 Å². The Kier molecular flexibility index (Phi) is 3.07. The first-order valence-electron chi connectivity index (χ1n) is 3.82. The van der Waals surface area contributed by atoms with Crippen molar-refractivity contribution in [2.75, 3.05) is 0 Å². The molecule has 2 N–H and O–H groups in total. The van der Waals surface area contributed by atoms with Crippen molar-refractivity contribution in [2.24, 2.45) is 0 Å². The fourth-order valence-electron chi connectivity index (χ4n) is 1.36. The first-order chi connectivity index (χ1) is 5.08. The molecule has 1 aliphatic rings. The van der Waals surface area contributed by atoms with Gasteiger partial charge in [-0.15, -0.1) is 0 Å². The predicted octanol–water partition coefficient (Wildman–Crippen LogP) is 1.43. The maximum absolute atomic E-state index is 10.4. The number of rotatable bonds is 2. The number of hydrogen-bond acceptors (Lipinski definition) is 2. The lowest BCUT2D eigenvalue weighted by Gasteiger charge is -2.21. The van der Waals surface area contributed by atoms with Crippen LogP contribution >= 0.6 is 7.82 Å². The summed E-state index contributed by atoms with van der Waals surface area (Å²) in [7, 11) is -4.23. The van der Waals surface area contributed by atoms with Crippen LogP contribution in [0.1, 0.15) is 32.1 Å². The molecule has 0 heterocycles. The fraction of sp³-hybridized carbons (Fsp3) is 1.00. The molecule has 0 aromatic rings. The summed E-state index contributed by atoms with van der Waals surface area (Å²) < 4.78 is 14.9. The van der Waals surface area contributed by atoms with Gasteiger partial charge in [0.2, 0.25) is 0 Å². The molecule has 1 aliphatic carbocycles. The Balaban J connectivity index is 2.30. The van der Waals surface area contributed by atoms with Crippen molar-refractivity contribution in [3.8, 4) is 0 Å². The lowest BCUT2D eigenvalue weighted by Crippen LogP contribution is -2.14. The lowest BCUT2D eigenvalue weighted by molar-refractivity contribution is 0.104. The maximum atomic E-state index is 10.4. The molecule has 5 heteroatoms.